The molecule has 1 aliphatic heterocycles. The third-order valence-corrected chi connectivity index (χ3v) is 5.22. The van der Waals surface area contributed by atoms with Crippen LogP contribution in [0.15, 0.2) is 60.7 Å². The molecule has 1 fully saturated rings. The van der Waals surface area contributed by atoms with Crippen LogP contribution in [-0.4, -0.2) is 42.1 Å². The molecular weight excluding hydrogens is 404 g/mol. The monoisotopic (exact) mass is 432 g/mol. The van der Waals surface area contributed by atoms with Crippen LogP contribution in [-0.2, 0) is 0 Å². The second kappa shape index (κ2) is 10.6. The van der Waals surface area contributed by atoms with E-state index in [1.165, 1.54) is 19.3 Å². The second-order valence-corrected chi connectivity index (χ2v) is 7.67. The number of amides is 1. The Bertz CT molecular complexity index is 1040. The minimum Gasteiger partial charge on any atom is -0.476 e. The molecule has 0 aliphatic carbocycles. The highest BCUT2D eigenvalue weighted by Crippen LogP contribution is 2.25. The standard InChI is InChI=1S/C25H28N4O3/c1-19-27-23(29-15-8-3-9-16-29)18-24(28-19)31-17-14-26-25(30)21-12-6-7-13-22(21)32-20-10-4-2-5-11-20/h2,4-7,10-13,18H,3,8-9,14-17H2,1H3,(H,26,30). The smallest absolute Gasteiger partial charge is 0.255 e. The normalized spacial score (nSPS) is 13.5. The molecule has 7 nitrogen and oxygen atoms in total. The van der Waals surface area contributed by atoms with Crippen LogP contribution in [0.3, 0.4) is 0 Å². The van der Waals surface area contributed by atoms with E-state index in [9.17, 15) is 4.79 Å². The third kappa shape index (κ3) is 5.75. The van der Waals surface area contributed by atoms with Crippen molar-refractivity contribution >= 4 is 11.7 Å². The number of hydrogen-bond acceptors (Lipinski definition) is 6. The molecule has 4 rings (SSSR count). The number of carbonyl (C=O) groups excluding carboxylic acids is 1. The fourth-order valence-corrected chi connectivity index (χ4v) is 3.66. The van der Waals surface area contributed by atoms with Crippen LogP contribution in [0.1, 0.15) is 35.4 Å². The molecule has 0 spiro atoms. The van der Waals surface area contributed by atoms with Gasteiger partial charge < -0.3 is 19.7 Å². The minimum atomic E-state index is -0.215. The van der Waals surface area contributed by atoms with Gasteiger partial charge in [-0.1, -0.05) is 30.3 Å². The first-order valence-electron chi connectivity index (χ1n) is 11.0. The number of rotatable bonds is 8. The molecule has 0 radical (unpaired) electrons. The fourth-order valence-electron chi connectivity index (χ4n) is 3.66. The Morgan fingerprint density at radius 3 is 2.56 bits per heavy atom. The van der Waals surface area contributed by atoms with E-state index >= 15 is 0 Å². The maximum atomic E-state index is 12.7. The number of para-hydroxylation sites is 2. The average Bonchev–Trinajstić information content (AvgIpc) is 2.83. The predicted molar refractivity (Wildman–Crippen MR) is 124 cm³/mol. The van der Waals surface area contributed by atoms with Crippen LogP contribution >= 0.6 is 0 Å². The van der Waals surface area contributed by atoms with Gasteiger partial charge in [0.1, 0.15) is 29.7 Å². The van der Waals surface area contributed by atoms with E-state index in [0.29, 0.717) is 41.9 Å². The second-order valence-electron chi connectivity index (χ2n) is 7.67. The summed E-state index contributed by atoms with van der Waals surface area (Å²) in [4.78, 5) is 23.9. The van der Waals surface area contributed by atoms with Crippen LogP contribution in [0.2, 0.25) is 0 Å². The van der Waals surface area contributed by atoms with Crippen LogP contribution in [0.4, 0.5) is 5.82 Å². The highest BCUT2D eigenvalue weighted by atomic mass is 16.5. The molecule has 1 saturated heterocycles. The number of nitrogens with one attached hydrogen (secondary N) is 1. The summed E-state index contributed by atoms with van der Waals surface area (Å²) in [6.45, 7) is 4.54. The first-order valence-corrected chi connectivity index (χ1v) is 11.0. The summed E-state index contributed by atoms with van der Waals surface area (Å²) in [5, 5.41) is 2.89. The summed E-state index contributed by atoms with van der Waals surface area (Å²) >= 11 is 0. The van der Waals surface area contributed by atoms with E-state index in [1.54, 1.807) is 12.1 Å². The van der Waals surface area contributed by atoms with E-state index in [-0.39, 0.29) is 5.91 Å². The largest absolute Gasteiger partial charge is 0.476 e. The lowest BCUT2D eigenvalue weighted by atomic mass is 10.1. The molecule has 1 aliphatic rings. The van der Waals surface area contributed by atoms with Crippen molar-refractivity contribution in [3.63, 3.8) is 0 Å². The maximum absolute atomic E-state index is 12.7. The molecule has 0 atom stereocenters. The van der Waals surface area contributed by atoms with Gasteiger partial charge in [-0.25, -0.2) is 4.98 Å². The lowest BCUT2D eigenvalue weighted by Crippen LogP contribution is -2.30. The number of ether oxygens (including phenoxy) is 2. The Morgan fingerprint density at radius 2 is 1.75 bits per heavy atom. The van der Waals surface area contributed by atoms with E-state index in [1.807, 2.05) is 55.5 Å². The minimum absolute atomic E-state index is 0.215. The van der Waals surface area contributed by atoms with Crippen LogP contribution in [0, 0.1) is 6.92 Å². The van der Waals surface area contributed by atoms with E-state index < -0.39 is 0 Å². The Labute approximate surface area is 188 Å². The molecule has 1 aromatic heterocycles. The van der Waals surface area contributed by atoms with E-state index in [0.717, 1.165) is 18.9 Å². The molecule has 0 unspecified atom stereocenters. The third-order valence-electron chi connectivity index (χ3n) is 5.22. The molecule has 1 N–H and O–H groups in total. The van der Waals surface area contributed by atoms with Gasteiger partial charge in [0.2, 0.25) is 5.88 Å². The zero-order valence-corrected chi connectivity index (χ0v) is 18.3. The molecule has 0 bridgehead atoms. The first-order chi connectivity index (χ1) is 15.7. The number of benzene rings is 2. The van der Waals surface area contributed by atoms with Gasteiger partial charge in [0, 0.05) is 19.2 Å². The van der Waals surface area contributed by atoms with Crippen molar-refractivity contribution in [2.24, 2.45) is 0 Å². The maximum Gasteiger partial charge on any atom is 0.255 e. The van der Waals surface area contributed by atoms with Gasteiger partial charge in [-0.3, -0.25) is 4.79 Å². The van der Waals surface area contributed by atoms with E-state index in [2.05, 4.69) is 20.2 Å². The van der Waals surface area contributed by atoms with Gasteiger partial charge >= 0.3 is 0 Å². The number of aryl methyl sites for hydroxylation is 1. The predicted octanol–water partition coefficient (Wildman–Crippen LogP) is 4.38. The van der Waals surface area contributed by atoms with Gasteiger partial charge in [-0.2, -0.15) is 4.98 Å². The molecule has 3 aromatic rings. The topological polar surface area (TPSA) is 76.6 Å². The Kier molecular flexibility index (Phi) is 7.17. The summed E-state index contributed by atoms with van der Waals surface area (Å²) in [7, 11) is 0. The number of hydrogen-bond donors (Lipinski definition) is 1. The zero-order chi connectivity index (χ0) is 22.2. The van der Waals surface area contributed by atoms with Gasteiger partial charge in [-0.05, 0) is 50.5 Å². The Balaban J connectivity index is 1.32. The number of piperidine rings is 1. The summed E-state index contributed by atoms with van der Waals surface area (Å²) in [5.74, 6) is 3.09. The highest BCUT2D eigenvalue weighted by Gasteiger charge is 2.15. The van der Waals surface area contributed by atoms with Crippen LogP contribution in [0.25, 0.3) is 0 Å². The molecule has 7 heteroatoms. The molecular formula is C25H28N4O3. The van der Waals surface area contributed by atoms with Crippen molar-refractivity contribution in [2.75, 3.05) is 31.1 Å². The van der Waals surface area contributed by atoms with Crippen molar-refractivity contribution in [3.8, 4) is 17.4 Å². The summed E-state index contributed by atoms with van der Waals surface area (Å²) in [5.41, 5.74) is 0.474. The number of aromatic nitrogens is 2. The highest BCUT2D eigenvalue weighted by molar-refractivity contribution is 5.97. The molecule has 1 amide bonds. The summed E-state index contributed by atoms with van der Waals surface area (Å²) < 4.78 is 11.7. The van der Waals surface area contributed by atoms with Gasteiger partial charge in [-0.15, -0.1) is 0 Å². The quantitative estimate of drug-likeness (QED) is 0.533. The van der Waals surface area contributed by atoms with Crippen molar-refractivity contribution < 1.29 is 14.3 Å². The number of carbonyl (C=O) groups is 1. The molecule has 32 heavy (non-hydrogen) atoms. The number of nitrogens with zero attached hydrogens (tertiary/aromatic N) is 3. The Hall–Kier alpha value is -3.61. The summed E-state index contributed by atoms with van der Waals surface area (Å²) in [6.07, 6.45) is 3.63. The molecule has 0 saturated carbocycles. The fraction of sp³-hybridized carbons (Fsp3) is 0.320. The van der Waals surface area contributed by atoms with Crippen LogP contribution < -0.4 is 19.7 Å². The summed E-state index contributed by atoms with van der Waals surface area (Å²) in [6, 6.07) is 18.5. The molecule has 2 heterocycles. The van der Waals surface area contributed by atoms with Crippen molar-refractivity contribution in [2.45, 2.75) is 26.2 Å². The van der Waals surface area contributed by atoms with Crippen LogP contribution in [0.5, 0.6) is 17.4 Å². The lowest BCUT2D eigenvalue weighted by molar-refractivity contribution is 0.0944. The lowest BCUT2D eigenvalue weighted by Gasteiger charge is -2.28. The molecule has 166 valence electrons. The Morgan fingerprint density at radius 1 is 1.00 bits per heavy atom. The zero-order valence-electron chi connectivity index (χ0n) is 18.3. The average molecular weight is 433 g/mol. The van der Waals surface area contributed by atoms with Crippen molar-refractivity contribution in [1.82, 2.24) is 15.3 Å². The van der Waals surface area contributed by atoms with Gasteiger partial charge in [0.25, 0.3) is 5.91 Å². The molecule has 2 aromatic carbocycles. The van der Waals surface area contributed by atoms with E-state index in [4.69, 9.17) is 9.47 Å². The van der Waals surface area contributed by atoms with Gasteiger partial charge in [0.05, 0.1) is 12.1 Å². The van der Waals surface area contributed by atoms with Crippen molar-refractivity contribution in [3.05, 3.63) is 72.1 Å². The van der Waals surface area contributed by atoms with Crippen molar-refractivity contribution in [1.29, 1.82) is 0 Å². The SMILES string of the molecule is Cc1nc(OCCNC(=O)c2ccccc2Oc2ccccc2)cc(N2CCCCC2)n1. The van der Waals surface area contributed by atoms with Gasteiger partial charge in [0.15, 0.2) is 0 Å². The number of anilines is 1. The first kappa shape index (κ1) is 21.6.